The first kappa shape index (κ1) is 17.9. The molecule has 0 fully saturated rings. The van der Waals surface area contributed by atoms with Crippen molar-refractivity contribution in [2.45, 2.75) is 38.7 Å². The predicted octanol–water partition coefficient (Wildman–Crippen LogP) is 2.43. The molecule has 0 aromatic heterocycles. The Labute approximate surface area is 122 Å². The second kappa shape index (κ2) is 7.77. The van der Waals surface area contributed by atoms with Crippen LogP contribution < -0.4 is 5.32 Å². The number of aliphatic hydroxyl groups is 2. The summed E-state index contributed by atoms with van der Waals surface area (Å²) in [7, 11) is 0. The van der Waals surface area contributed by atoms with Crippen LogP contribution in [0.3, 0.4) is 0 Å². The molecule has 0 heterocycles. The number of nitrogens with one attached hydrogen (secondary N) is 1. The molecule has 2 atom stereocenters. The summed E-state index contributed by atoms with van der Waals surface area (Å²) in [5.41, 5.74) is 1.79. The van der Waals surface area contributed by atoms with Crippen LogP contribution in [0.4, 0.5) is 13.2 Å². The monoisotopic (exact) mass is 305 g/mol. The Morgan fingerprint density at radius 1 is 1.05 bits per heavy atom. The topological polar surface area (TPSA) is 52.5 Å². The average molecular weight is 305 g/mol. The molecule has 1 aromatic rings. The van der Waals surface area contributed by atoms with Gasteiger partial charge in [-0.15, -0.1) is 0 Å². The summed E-state index contributed by atoms with van der Waals surface area (Å²) in [6, 6.07) is 7.35. The van der Waals surface area contributed by atoms with Crippen molar-refractivity contribution in [3.05, 3.63) is 35.4 Å². The summed E-state index contributed by atoms with van der Waals surface area (Å²) < 4.78 is 36.3. The van der Waals surface area contributed by atoms with Crippen LogP contribution in [0.5, 0.6) is 0 Å². The van der Waals surface area contributed by atoms with Crippen molar-refractivity contribution in [3.8, 4) is 0 Å². The van der Waals surface area contributed by atoms with Gasteiger partial charge in [0.1, 0.15) is 0 Å². The van der Waals surface area contributed by atoms with Crippen molar-refractivity contribution >= 4 is 0 Å². The fraction of sp³-hybridized carbons (Fsp3) is 0.600. The van der Waals surface area contributed by atoms with E-state index >= 15 is 0 Å². The van der Waals surface area contributed by atoms with E-state index in [2.05, 4.69) is 19.2 Å². The largest absolute Gasteiger partial charge is 0.415 e. The Balaban J connectivity index is 2.43. The minimum Gasteiger partial charge on any atom is -0.387 e. The summed E-state index contributed by atoms with van der Waals surface area (Å²) in [5, 5.41) is 21.1. The number of halogens is 3. The molecular weight excluding hydrogens is 283 g/mol. The molecule has 1 rings (SSSR count). The highest BCUT2D eigenvalue weighted by Crippen LogP contribution is 2.19. The molecule has 21 heavy (non-hydrogen) atoms. The van der Waals surface area contributed by atoms with E-state index in [1.54, 1.807) is 12.1 Å². The second-order valence-corrected chi connectivity index (χ2v) is 5.57. The summed E-state index contributed by atoms with van der Waals surface area (Å²) in [5.74, 6) is 0.534. The first-order chi connectivity index (χ1) is 9.70. The van der Waals surface area contributed by atoms with E-state index in [9.17, 15) is 18.3 Å². The van der Waals surface area contributed by atoms with Gasteiger partial charge in [-0.05, 0) is 23.5 Å². The average Bonchev–Trinajstić information content (AvgIpc) is 2.37. The molecule has 0 aliphatic rings. The van der Waals surface area contributed by atoms with Gasteiger partial charge < -0.3 is 15.5 Å². The fourth-order valence-corrected chi connectivity index (χ4v) is 1.94. The zero-order valence-electron chi connectivity index (χ0n) is 12.2. The van der Waals surface area contributed by atoms with E-state index in [4.69, 9.17) is 5.11 Å². The van der Waals surface area contributed by atoms with Crippen molar-refractivity contribution in [2.75, 3.05) is 13.1 Å². The molecule has 6 heteroatoms. The lowest BCUT2D eigenvalue weighted by atomic mass is 10.0. The van der Waals surface area contributed by atoms with E-state index in [0.29, 0.717) is 11.5 Å². The molecule has 0 aliphatic carbocycles. The fourth-order valence-electron chi connectivity index (χ4n) is 1.94. The second-order valence-electron chi connectivity index (χ2n) is 5.57. The molecule has 0 amide bonds. The maximum absolute atomic E-state index is 12.1. The van der Waals surface area contributed by atoms with Crippen LogP contribution in [0.15, 0.2) is 24.3 Å². The van der Waals surface area contributed by atoms with Gasteiger partial charge in [0.15, 0.2) is 6.10 Å². The molecular formula is C15H22F3NO2. The van der Waals surface area contributed by atoms with Gasteiger partial charge in [-0.3, -0.25) is 0 Å². The number of alkyl halides is 3. The third-order valence-corrected chi connectivity index (χ3v) is 3.06. The molecule has 0 spiro atoms. The van der Waals surface area contributed by atoms with Crippen LogP contribution in [0.2, 0.25) is 0 Å². The minimum atomic E-state index is -4.64. The molecule has 1 aromatic carbocycles. The minimum absolute atomic E-state index is 0.0450. The highest BCUT2D eigenvalue weighted by atomic mass is 19.4. The zero-order chi connectivity index (χ0) is 16.0. The molecule has 0 bridgehead atoms. The third kappa shape index (κ3) is 6.46. The van der Waals surface area contributed by atoms with E-state index in [1.807, 2.05) is 12.1 Å². The van der Waals surface area contributed by atoms with Crippen molar-refractivity contribution in [3.63, 3.8) is 0 Å². The molecule has 0 saturated heterocycles. The summed E-state index contributed by atoms with van der Waals surface area (Å²) >= 11 is 0. The number of benzene rings is 1. The summed E-state index contributed by atoms with van der Waals surface area (Å²) in [6.45, 7) is 3.54. The SMILES string of the molecule is CC(C)Cc1ccc(C(O)CNCC(O)C(F)(F)F)cc1. The van der Waals surface area contributed by atoms with Crippen molar-refractivity contribution in [1.29, 1.82) is 0 Å². The Morgan fingerprint density at radius 3 is 2.10 bits per heavy atom. The lowest BCUT2D eigenvalue weighted by Gasteiger charge is -2.17. The van der Waals surface area contributed by atoms with E-state index in [0.717, 1.165) is 12.0 Å². The van der Waals surface area contributed by atoms with Crippen LogP contribution in [0.1, 0.15) is 31.1 Å². The van der Waals surface area contributed by atoms with E-state index < -0.39 is 24.9 Å². The Hall–Kier alpha value is -1.11. The standard InChI is InChI=1S/C15H22F3NO2/c1-10(2)7-11-3-5-12(6-4-11)13(20)8-19-9-14(21)15(16,17)18/h3-6,10,13-14,19-21H,7-9H2,1-2H3. The van der Waals surface area contributed by atoms with Crippen LogP contribution in [0, 0.1) is 5.92 Å². The number of rotatable bonds is 7. The Kier molecular flexibility index (Phi) is 6.64. The zero-order valence-corrected chi connectivity index (χ0v) is 12.2. The van der Waals surface area contributed by atoms with Crippen molar-refractivity contribution in [1.82, 2.24) is 5.32 Å². The van der Waals surface area contributed by atoms with Crippen molar-refractivity contribution < 1.29 is 23.4 Å². The van der Waals surface area contributed by atoms with Gasteiger partial charge >= 0.3 is 6.18 Å². The molecule has 3 N–H and O–H groups in total. The van der Waals surface area contributed by atoms with Crippen LogP contribution in [0.25, 0.3) is 0 Å². The van der Waals surface area contributed by atoms with E-state index in [-0.39, 0.29) is 6.54 Å². The normalized spacial score (nSPS) is 15.2. The highest BCUT2D eigenvalue weighted by Gasteiger charge is 2.37. The van der Waals surface area contributed by atoms with Crippen molar-refractivity contribution in [2.24, 2.45) is 5.92 Å². The number of aliphatic hydroxyl groups excluding tert-OH is 2. The van der Waals surface area contributed by atoms with Gasteiger partial charge in [0.25, 0.3) is 0 Å². The predicted molar refractivity (Wildman–Crippen MR) is 74.9 cm³/mol. The lowest BCUT2D eigenvalue weighted by molar-refractivity contribution is -0.202. The van der Waals surface area contributed by atoms with Crippen LogP contribution in [-0.4, -0.2) is 35.6 Å². The first-order valence-electron chi connectivity index (χ1n) is 6.92. The van der Waals surface area contributed by atoms with Gasteiger partial charge in [-0.2, -0.15) is 13.2 Å². The summed E-state index contributed by atoms with van der Waals surface area (Å²) in [4.78, 5) is 0. The van der Waals surface area contributed by atoms with Crippen LogP contribution in [-0.2, 0) is 6.42 Å². The summed E-state index contributed by atoms with van der Waals surface area (Å²) in [6.07, 6.45) is -7.03. The maximum Gasteiger partial charge on any atom is 0.415 e. The molecule has 120 valence electrons. The molecule has 0 saturated carbocycles. The lowest BCUT2D eigenvalue weighted by Crippen LogP contribution is -2.39. The number of hydrogen-bond donors (Lipinski definition) is 3. The van der Waals surface area contributed by atoms with Gasteiger partial charge in [0.2, 0.25) is 0 Å². The van der Waals surface area contributed by atoms with Crippen LogP contribution >= 0.6 is 0 Å². The Morgan fingerprint density at radius 2 is 1.62 bits per heavy atom. The van der Waals surface area contributed by atoms with Gasteiger partial charge in [-0.25, -0.2) is 0 Å². The molecule has 3 nitrogen and oxygen atoms in total. The number of hydrogen-bond acceptors (Lipinski definition) is 3. The highest BCUT2D eigenvalue weighted by molar-refractivity contribution is 5.24. The third-order valence-electron chi connectivity index (χ3n) is 3.06. The van der Waals surface area contributed by atoms with Gasteiger partial charge in [0.05, 0.1) is 6.10 Å². The quantitative estimate of drug-likeness (QED) is 0.725. The maximum atomic E-state index is 12.1. The first-order valence-corrected chi connectivity index (χ1v) is 6.92. The Bertz CT molecular complexity index is 418. The van der Waals surface area contributed by atoms with E-state index in [1.165, 1.54) is 0 Å². The molecule has 2 unspecified atom stereocenters. The van der Waals surface area contributed by atoms with Gasteiger partial charge in [0, 0.05) is 13.1 Å². The molecule has 0 aliphatic heterocycles. The smallest absolute Gasteiger partial charge is 0.387 e. The molecule has 0 radical (unpaired) electrons. The van der Waals surface area contributed by atoms with Gasteiger partial charge in [-0.1, -0.05) is 38.1 Å².